The Bertz CT molecular complexity index is 508. The number of nitrogens with two attached hydrogens (primary N) is 1. The lowest BCUT2D eigenvalue weighted by Crippen LogP contribution is -2.34. The third kappa shape index (κ3) is 2.59. The summed E-state index contributed by atoms with van der Waals surface area (Å²) in [5, 5.41) is 0. The molecule has 2 aliphatic rings. The largest absolute Gasteiger partial charge is 0.338 e. The maximum atomic E-state index is 13.8. The summed E-state index contributed by atoms with van der Waals surface area (Å²) in [7, 11) is 0. The third-order valence-corrected chi connectivity index (χ3v) is 5.04. The lowest BCUT2D eigenvalue weighted by Gasteiger charge is -2.19. The maximum Gasteiger partial charge on any atom is 0.258 e. The van der Waals surface area contributed by atoms with Crippen LogP contribution in [0.3, 0.4) is 0 Å². The van der Waals surface area contributed by atoms with Crippen molar-refractivity contribution in [3.05, 3.63) is 34.1 Å². The first-order valence-electron chi connectivity index (χ1n) is 6.57. The number of carbonyl (C=O) groups is 1. The monoisotopic (exact) mass is 362 g/mol. The van der Waals surface area contributed by atoms with Crippen LogP contribution in [0.2, 0.25) is 0 Å². The molecule has 1 aromatic carbocycles. The topological polar surface area (TPSA) is 46.3 Å². The zero-order valence-corrected chi connectivity index (χ0v) is 13.3. The van der Waals surface area contributed by atoms with Gasteiger partial charge in [-0.1, -0.05) is 6.07 Å². The van der Waals surface area contributed by atoms with Gasteiger partial charge in [0.05, 0.1) is 5.56 Å². The second-order valence-corrected chi connectivity index (χ2v) is 6.33. The van der Waals surface area contributed by atoms with Gasteiger partial charge in [-0.15, -0.1) is 12.4 Å². The highest BCUT2D eigenvalue weighted by atomic mass is 79.9. The van der Waals surface area contributed by atoms with Crippen molar-refractivity contribution in [2.24, 2.45) is 17.6 Å². The minimum atomic E-state index is -0.472. The van der Waals surface area contributed by atoms with E-state index in [1.54, 1.807) is 17.0 Å². The molecule has 1 amide bonds. The maximum absolute atomic E-state index is 13.8. The molecule has 3 unspecified atom stereocenters. The molecule has 3 nitrogen and oxygen atoms in total. The van der Waals surface area contributed by atoms with E-state index in [0.717, 1.165) is 12.8 Å². The number of hydrogen-bond acceptors (Lipinski definition) is 2. The summed E-state index contributed by atoms with van der Waals surface area (Å²) in [4.78, 5) is 14.2. The van der Waals surface area contributed by atoms with E-state index in [0.29, 0.717) is 29.4 Å². The molecule has 6 heteroatoms. The van der Waals surface area contributed by atoms with E-state index >= 15 is 0 Å². The molecule has 3 rings (SSSR count). The molecule has 0 spiro atoms. The van der Waals surface area contributed by atoms with Crippen LogP contribution in [0, 0.1) is 17.7 Å². The molecular formula is C14H17BrClFN2O. The summed E-state index contributed by atoms with van der Waals surface area (Å²) in [6.07, 6.45) is 2.12. The molecule has 1 saturated carbocycles. The van der Waals surface area contributed by atoms with Gasteiger partial charge >= 0.3 is 0 Å². The van der Waals surface area contributed by atoms with Gasteiger partial charge in [0, 0.05) is 23.6 Å². The van der Waals surface area contributed by atoms with Gasteiger partial charge < -0.3 is 10.6 Å². The standard InChI is InChI=1S/C14H16BrFN2O.ClH/c15-10-2-1-3-11(16)13(10)14(19)18-6-8-4-5-12(17)9(8)7-18;/h1-3,8-9,12H,4-7,17H2;1H. The SMILES string of the molecule is Cl.NC1CCC2CN(C(=O)c3c(F)cccc3Br)CC12. The fourth-order valence-electron chi connectivity index (χ4n) is 3.33. The molecule has 110 valence electrons. The average molecular weight is 364 g/mol. The zero-order valence-electron chi connectivity index (χ0n) is 10.9. The van der Waals surface area contributed by atoms with Gasteiger partial charge in [0.1, 0.15) is 5.82 Å². The van der Waals surface area contributed by atoms with Crippen LogP contribution >= 0.6 is 28.3 Å². The molecule has 1 heterocycles. The summed E-state index contributed by atoms with van der Waals surface area (Å²) < 4.78 is 14.3. The number of rotatable bonds is 1. The second kappa shape index (κ2) is 6.00. The molecule has 1 aromatic rings. The zero-order chi connectivity index (χ0) is 13.6. The Hall–Kier alpha value is -0.650. The van der Waals surface area contributed by atoms with E-state index in [2.05, 4.69) is 15.9 Å². The smallest absolute Gasteiger partial charge is 0.258 e. The molecule has 1 aliphatic heterocycles. The van der Waals surface area contributed by atoms with Crippen LogP contribution in [0.4, 0.5) is 4.39 Å². The van der Waals surface area contributed by atoms with E-state index in [4.69, 9.17) is 5.73 Å². The summed E-state index contributed by atoms with van der Waals surface area (Å²) >= 11 is 3.26. The van der Waals surface area contributed by atoms with Crippen LogP contribution in [0.5, 0.6) is 0 Å². The van der Waals surface area contributed by atoms with Crippen molar-refractivity contribution in [2.45, 2.75) is 18.9 Å². The van der Waals surface area contributed by atoms with Crippen LogP contribution < -0.4 is 5.73 Å². The summed E-state index contributed by atoms with van der Waals surface area (Å²) in [5.74, 6) is 0.173. The molecule has 0 aromatic heterocycles. The van der Waals surface area contributed by atoms with Gasteiger partial charge in [-0.25, -0.2) is 4.39 Å². The number of nitrogens with zero attached hydrogens (tertiary/aromatic N) is 1. The van der Waals surface area contributed by atoms with Crippen molar-refractivity contribution < 1.29 is 9.18 Å². The molecular weight excluding hydrogens is 347 g/mol. The Labute approximate surface area is 132 Å². The van der Waals surface area contributed by atoms with Gasteiger partial charge in [-0.2, -0.15) is 0 Å². The molecule has 20 heavy (non-hydrogen) atoms. The lowest BCUT2D eigenvalue weighted by molar-refractivity contribution is 0.0774. The second-order valence-electron chi connectivity index (χ2n) is 5.47. The predicted octanol–water partition coefficient (Wildman–Crippen LogP) is 2.82. The number of likely N-dealkylation sites (tertiary alicyclic amines) is 1. The number of hydrogen-bond donors (Lipinski definition) is 1. The number of benzene rings is 1. The minimum absolute atomic E-state index is 0. The van der Waals surface area contributed by atoms with Gasteiger partial charge in [-0.3, -0.25) is 4.79 Å². The van der Waals surface area contributed by atoms with E-state index in [-0.39, 0.29) is 29.9 Å². The number of carbonyl (C=O) groups excluding carboxylic acids is 1. The molecule has 3 atom stereocenters. The number of fused-ring (bicyclic) bond motifs is 1. The fraction of sp³-hybridized carbons (Fsp3) is 0.500. The minimum Gasteiger partial charge on any atom is -0.338 e. The summed E-state index contributed by atoms with van der Waals surface area (Å²) in [5.41, 5.74) is 6.19. The van der Waals surface area contributed by atoms with Gasteiger partial charge in [0.25, 0.3) is 5.91 Å². The van der Waals surface area contributed by atoms with Crippen molar-refractivity contribution in [2.75, 3.05) is 13.1 Å². The highest BCUT2D eigenvalue weighted by molar-refractivity contribution is 9.10. The molecule has 1 saturated heterocycles. The Morgan fingerprint density at radius 1 is 1.35 bits per heavy atom. The Kier molecular flexibility index (Phi) is 4.72. The van der Waals surface area contributed by atoms with Gasteiger partial charge in [0.15, 0.2) is 0 Å². The summed E-state index contributed by atoms with van der Waals surface area (Å²) in [6.45, 7) is 1.36. The quantitative estimate of drug-likeness (QED) is 0.834. The Balaban J connectivity index is 0.00000147. The van der Waals surface area contributed by atoms with Crippen LogP contribution in [-0.4, -0.2) is 29.9 Å². The van der Waals surface area contributed by atoms with E-state index in [9.17, 15) is 9.18 Å². The normalized spacial score (nSPS) is 28.1. The number of halogens is 3. The first kappa shape index (κ1) is 15.7. The van der Waals surface area contributed by atoms with Crippen molar-refractivity contribution in [1.82, 2.24) is 4.90 Å². The highest BCUT2D eigenvalue weighted by Gasteiger charge is 2.43. The van der Waals surface area contributed by atoms with E-state index in [1.165, 1.54) is 6.07 Å². The van der Waals surface area contributed by atoms with Crippen LogP contribution in [-0.2, 0) is 0 Å². The fourth-order valence-corrected chi connectivity index (χ4v) is 3.85. The molecule has 0 bridgehead atoms. The molecule has 2 fully saturated rings. The molecule has 0 radical (unpaired) electrons. The average Bonchev–Trinajstić information content (AvgIpc) is 2.92. The van der Waals surface area contributed by atoms with Crippen LogP contribution in [0.25, 0.3) is 0 Å². The van der Waals surface area contributed by atoms with Crippen molar-refractivity contribution in [3.8, 4) is 0 Å². The van der Waals surface area contributed by atoms with Crippen molar-refractivity contribution in [3.63, 3.8) is 0 Å². The molecule has 2 N–H and O–H groups in total. The molecule has 1 aliphatic carbocycles. The summed E-state index contributed by atoms with van der Waals surface area (Å²) in [6, 6.07) is 4.79. The first-order chi connectivity index (χ1) is 9.08. The third-order valence-electron chi connectivity index (χ3n) is 4.38. The Morgan fingerprint density at radius 2 is 2.10 bits per heavy atom. The van der Waals surface area contributed by atoms with Crippen LogP contribution in [0.1, 0.15) is 23.2 Å². The number of amides is 1. The first-order valence-corrected chi connectivity index (χ1v) is 7.36. The van der Waals surface area contributed by atoms with Crippen molar-refractivity contribution >= 4 is 34.2 Å². The van der Waals surface area contributed by atoms with E-state index < -0.39 is 5.82 Å². The highest BCUT2D eigenvalue weighted by Crippen LogP contribution is 2.38. The van der Waals surface area contributed by atoms with Crippen LogP contribution in [0.15, 0.2) is 22.7 Å². The Morgan fingerprint density at radius 3 is 2.75 bits per heavy atom. The predicted molar refractivity (Wildman–Crippen MR) is 81.4 cm³/mol. The van der Waals surface area contributed by atoms with E-state index in [1.807, 2.05) is 0 Å². The lowest BCUT2D eigenvalue weighted by atomic mass is 9.98. The van der Waals surface area contributed by atoms with Gasteiger partial charge in [0.2, 0.25) is 0 Å². The van der Waals surface area contributed by atoms with Gasteiger partial charge in [-0.05, 0) is 52.7 Å². The van der Waals surface area contributed by atoms with Crippen molar-refractivity contribution in [1.29, 1.82) is 0 Å².